The molecule has 0 aliphatic carbocycles. The van der Waals surface area contributed by atoms with Crippen molar-refractivity contribution in [3.63, 3.8) is 0 Å². The molecule has 5 nitrogen and oxygen atoms in total. The summed E-state index contributed by atoms with van der Waals surface area (Å²) in [5, 5.41) is 36.0. The molecule has 1 atom stereocenters. The van der Waals surface area contributed by atoms with Gasteiger partial charge >= 0.3 is 0 Å². The molecular formula is C9H11ClN2O3. The molecule has 0 heterocycles. The Morgan fingerprint density at radius 2 is 1.87 bits per heavy atom. The first-order chi connectivity index (χ1) is 6.57. The van der Waals surface area contributed by atoms with Crippen LogP contribution in [0.2, 0.25) is 0 Å². The van der Waals surface area contributed by atoms with Gasteiger partial charge in [0.25, 0.3) is 0 Å². The first kappa shape index (κ1) is 13.4. The van der Waals surface area contributed by atoms with E-state index in [1.165, 1.54) is 12.1 Å². The lowest BCUT2D eigenvalue weighted by atomic mass is 10.0. The van der Waals surface area contributed by atoms with Crippen molar-refractivity contribution in [3.8, 4) is 23.3 Å². The van der Waals surface area contributed by atoms with Crippen LogP contribution in [0.25, 0.3) is 0 Å². The lowest BCUT2D eigenvalue weighted by Crippen LogP contribution is -2.09. The average molecular weight is 231 g/mol. The maximum Gasteiger partial charge on any atom is 0.200 e. The summed E-state index contributed by atoms with van der Waals surface area (Å²) in [7, 11) is 0. The lowest BCUT2D eigenvalue weighted by molar-refractivity contribution is 0.363. The van der Waals surface area contributed by atoms with E-state index in [9.17, 15) is 5.11 Å². The number of phenolic OH excluding ortho intramolecular Hbond substituents is 3. The van der Waals surface area contributed by atoms with Crippen molar-refractivity contribution in [2.45, 2.75) is 12.5 Å². The number of rotatable bonds is 2. The molecule has 0 aliphatic heterocycles. The first-order valence-electron chi connectivity index (χ1n) is 3.94. The van der Waals surface area contributed by atoms with Crippen LogP contribution in [0.5, 0.6) is 17.2 Å². The Kier molecular flexibility index (Phi) is 4.71. The van der Waals surface area contributed by atoms with Gasteiger partial charge in [-0.25, -0.2) is 0 Å². The highest BCUT2D eigenvalue weighted by atomic mass is 35.5. The molecular weight excluding hydrogens is 220 g/mol. The van der Waals surface area contributed by atoms with Crippen LogP contribution in [0.4, 0.5) is 0 Å². The first-order valence-corrected chi connectivity index (χ1v) is 3.94. The summed E-state index contributed by atoms with van der Waals surface area (Å²) in [5.41, 5.74) is 5.79. The number of nitriles is 1. The number of hydrogen-bond acceptors (Lipinski definition) is 5. The van der Waals surface area contributed by atoms with Crippen molar-refractivity contribution >= 4 is 12.4 Å². The largest absolute Gasteiger partial charge is 0.504 e. The van der Waals surface area contributed by atoms with Gasteiger partial charge in [0.1, 0.15) is 0 Å². The van der Waals surface area contributed by atoms with Crippen LogP contribution in [0.15, 0.2) is 12.1 Å². The van der Waals surface area contributed by atoms with Gasteiger partial charge in [-0.15, -0.1) is 12.4 Å². The quantitative estimate of drug-likeness (QED) is 0.570. The highest BCUT2D eigenvalue weighted by Crippen LogP contribution is 2.39. The van der Waals surface area contributed by atoms with Gasteiger partial charge in [-0.1, -0.05) is 0 Å². The zero-order chi connectivity index (χ0) is 10.7. The third-order valence-electron chi connectivity index (χ3n) is 1.87. The van der Waals surface area contributed by atoms with E-state index >= 15 is 0 Å². The molecule has 0 saturated heterocycles. The zero-order valence-corrected chi connectivity index (χ0v) is 8.53. The summed E-state index contributed by atoms with van der Waals surface area (Å²) >= 11 is 0. The molecule has 82 valence electrons. The van der Waals surface area contributed by atoms with E-state index in [1.54, 1.807) is 0 Å². The van der Waals surface area contributed by atoms with Crippen molar-refractivity contribution in [2.24, 2.45) is 5.73 Å². The third-order valence-corrected chi connectivity index (χ3v) is 1.87. The maximum absolute atomic E-state index is 9.38. The van der Waals surface area contributed by atoms with Crippen molar-refractivity contribution < 1.29 is 15.3 Å². The van der Waals surface area contributed by atoms with E-state index < -0.39 is 23.3 Å². The Morgan fingerprint density at radius 3 is 2.40 bits per heavy atom. The number of benzene rings is 1. The van der Waals surface area contributed by atoms with E-state index in [0.717, 1.165) is 0 Å². The molecule has 0 amide bonds. The number of phenols is 3. The summed E-state index contributed by atoms with van der Waals surface area (Å²) in [5.74, 6) is -1.51. The van der Waals surface area contributed by atoms with Gasteiger partial charge in [0.2, 0.25) is 5.75 Å². The van der Waals surface area contributed by atoms with E-state index in [1.807, 2.05) is 6.07 Å². The molecule has 0 radical (unpaired) electrons. The average Bonchev–Trinajstić information content (AvgIpc) is 2.15. The van der Waals surface area contributed by atoms with Crippen molar-refractivity contribution in [1.29, 1.82) is 5.26 Å². The van der Waals surface area contributed by atoms with Crippen LogP contribution in [-0.2, 0) is 0 Å². The van der Waals surface area contributed by atoms with Gasteiger partial charge < -0.3 is 21.1 Å². The molecule has 6 heteroatoms. The topological polar surface area (TPSA) is 111 Å². The van der Waals surface area contributed by atoms with E-state index in [2.05, 4.69) is 0 Å². The maximum atomic E-state index is 9.38. The lowest BCUT2D eigenvalue weighted by Gasteiger charge is -2.11. The molecule has 1 rings (SSSR count). The molecule has 0 fully saturated rings. The molecule has 0 unspecified atom stereocenters. The third kappa shape index (κ3) is 2.65. The van der Waals surface area contributed by atoms with Crippen LogP contribution in [-0.4, -0.2) is 15.3 Å². The Morgan fingerprint density at radius 1 is 1.27 bits per heavy atom. The fourth-order valence-electron chi connectivity index (χ4n) is 1.09. The standard InChI is InChI=1S/C9H10N2O3.ClH/c10-4-3-6(11)5-1-2-7(12)9(14)8(5)13;/h1-2,6,12-14H,3,11H2;1H/t6-;/m0./s1. The minimum absolute atomic E-state index is 0. The van der Waals surface area contributed by atoms with Crippen LogP contribution in [0, 0.1) is 11.3 Å². The molecule has 0 saturated carbocycles. The predicted octanol–water partition coefficient (Wildman–Crippen LogP) is 1.14. The molecule has 0 aliphatic rings. The molecule has 5 N–H and O–H groups in total. The number of aromatic hydroxyl groups is 3. The molecule has 0 aromatic heterocycles. The van der Waals surface area contributed by atoms with E-state index in [4.69, 9.17) is 21.2 Å². The molecule has 1 aromatic carbocycles. The summed E-state index contributed by atoms with van der Waals surface area (Å²) < 4.78 is 0. The second-order valence-corrected chi connectivity index (χ2v) is 2.84. The fourth-order valence-corrected chi connectivity index (χ4v) is 1.09. The number of halogens is 1. The van der Waals surface area contributed by atoms with Gasteiger partial charge in [0.05, 0.1) is 12.5 Å². The number of hydrogen-bond donors (Lipinski definition) is 4. The van der Waals surface area contributed by atoms with Crippen LogP contribution in [0.3, 0.4) is 0 Å². The van der Waals surface area contributed by atoms with Gasteiger partial charge in [0.15, 0.2) is 11.5 Å². The van der Waals surface area contributed by atoms with Gasteiger partial charge in [-0.2, -0.15) is 5.26 Å². The minimum atomic E-state index is -0.675. The second kappa shape index (κ2) is 5.29. The summed E-state index contributed by atoms with van der Waals surface area (Å²) in [6, 6.07) is 3.75. The summed E-state index contributed by atoms with van der Waals surface area (Å²) in [4.78, 5) is 0. The van der Waals surface area contributed by atoms with E-state index in [0.29, 0.717) is 0 Å². The fraction of sp³-hybridized carbons (Fsp3) is 0.222. The zero-order valence-electron chi connectivity index (χ0n) is 7.71. The normalized spacial score (nSPS) is 11.2. The van der Waals surface area contributed by atoms with E-state index in [-0.39, 0.29) is 24.4 Å². The SMILES string of the molecule is Cl.N#CC[C@H](N)c1ccc(O)c(O)c1O. The highest BCUT2D eigenvalue weighted by molar-refractivity contribution is 5.85. The molecule has 15 heavy (non-hydrogen) atoms. The summed E-state index contributed by atoms with van der Waals surface area (Å²) in [6.07, 6.45) is 0.0256. The van der Waals surface area contributed by atoms with Crippen molar-refractivity contribution in [3.05, 3.63) is 17.7 Å². The Labute approximate surface area is 92.8 Å². The Hall–Kier alpha value is -1.64. The molecule has 0 spiro atoms. The van der Waals surface area contributed by atoms with Gasteiger partial charge in [-0.05, 0) is 12.1 Å². The molecule has 1 aromatic rings. The van der Waals surface area contributed by atoms with Gasteiger partial charge in [-0.3, -0.25) is 0 Å². The van der Waals surface area contributed by atoms with Crippen LogP contribution >= 0.6 is 12.4 Å². The van der Waals surface area contributed by atoms with Crippen LogP contribution < -0.4 is 5.73 Å². The Bertz CT molecular complexity index is 390. The smallest absolute Gasteiger partial charge is 0.200 e. The summed E-state index contributed by atoms with van der Waals surface area (Å²) in [6.45, 7) is 0. The number of nitrogens with two attached hydrogens (primary N) is 1. The highest BCUT2D eigenvalue weighted by Gasteiger charge is 2.15. The Balaban J connectivity index is 0.00000196. The molecule has 0 bridgehead atoms. The van der Waals surface area contributed by atoms with Crippen LogP contribution in [0.1, 0.15) is 18.0 Å². The monoisotopic (exact) mass is 230 g/mol. The minimum Gasteiger partial charge on any atom is -0.504 e. The van der Waals surface area contributed by atoms with Crippen molar-refractivity contribution in [2.75, 3.05) is 0 Å². The second-order valence-electron chi connectivity index (χ2n) is 2.84. The van der Waals surface area contributed by atoms with Gasteiger partial charge in [0, 0.05) is 11.6 Å². The van der Waals surface area contributed by atoms with Crippen molar-refractivity contribution in [1.82, 2.24) is 0 Å². The number of nitrogens with zero attached hydrogens (tertiary/aromatic N) is 1. The predicted molar refractivity (Wildman–Crippen MR) is 55.8 cm³/mol.